The van der Waals surface area contributed by atoms with Crippen LogP contribution < -0.4 is 10.6 Å². The van der Waals surface area contributed by atoms with Gasteiger partial charge in [-0.1, -0.05) is 35.9 Å². The topological polar surface area (TPSA) is 29.3 Å². The predicted molar refractivity (Wildman–Crippen MR) is 82.6 cm³/mol. The summed E-state index contributed by atoms with van der Waals surface area (Å²) in [4.78, 5) is 2.23. The van der Waals surface area contributed by atoms with Crippen LogP contribution in [0.15, 0.2) is 48.5 Å². The molecule has 0 fully saturated rings. The summed E-state index contributed by atoms with van der Waals surface area (Å²) in [7, 11) is 2.09. The SMILES string of the molecule is CC(c1cccc(Cl)c1)N(C)c1ccc(CN)cc1. The molecule has 0 saturated heterocycles. The van der Waals surface area contributed by atoms with Gasteiger partial charge in [-0.3, -0.25) is 0 Å². The Morgan fingerprint density at radius 1 is 1.16 bits per heavy atom. The Balaban J connectivity index is 2.20. The number of rotatable bonds is 4. The lowest BCUT2D eigenvalue weighted by atomic mass is 10.1. The van der Waals surface area contributed by atoms with Gasteiger partial charge in [0.15, 0.2) is 0 Å². The van der Waals surface area contributed by atoms with Gasteiger partial charge in [0.2, 0.25) is 0 Å². The van der Waals surface area contributed by atoms with Crippen LogP contribution in [0.5, 0.6) is 0 Å². The molecule has 1 unspecified atom stereocenters. The molecule has 0 spiro atoms. The van der Waals surface area contributed by atoms with Crippen molar-refractivity contribution in [2.24, 2.45) is 5.73 Å². The molecule has 0 aliphatic heterocycles. The van der Waals surface area contributed by atoms with E-state index in [4.69, 9.17) is 17.3 Å². The molecular formula is C16H19ClN2. The second-order valence-corrected chi connectivity index (χ2v) is 5.15. The second-order valence-electron chi connectivity index (χ2n) is 4.71. The number of hydrogen-bond donors (Lipinski definition) is 1. The summed E-state index contributed by atoms with van der Waals surface area (Å²) in [6.45, 7) is 2.75. The van der Waals surface area contributed by atoms with E-state index in [0.29, 0.717) is 6.54 Å². The van der Waals surface area contributed by atoms with Crippen LogP contribution in [0, 0.1) is 0 Å². The fourth-order valence-corrected chi connectivity index (χ4v) is 2.28. The minimum Gasteiger partial charge on any atom is -0.368 e. The molecule has 0 aliphatic rings. The highest BCUT2D eigenvalue weighted by Crippen LogP contribution is 2.26. The molecular weight excluding hydrogens is 256 g/mol. The number of benzene rings is 2. The van der Waals surface area contributed by atoms with E-state index in [-0.39, 0.29) is 6.04 Å². The summed E-state index contributed by atoms with van der Waals surface area (Å²) in [6.07, 6.45) is 0. The lowest BCUT2D eigenvalue weighted by Crippen LogP contribution is -2.21. The molecule has 2 nitrogen and oxygen atoms in total. The molecule has 0 heterocycles. The van der Waals surface area contributed by atoms with Crippen LogP contribution >= 0.6 is 11.6 Å². The average Bonchev–Trinajstić information content (AvgIpc) is 2.46. The Morgan fingerprint density at radius 2 is 1.84 bits per heavy atom. The van der Waals surface area contributed by atoms with Crippen LogP contribution in [0.2, 0.25) is 5.02 Å². The summed E-state index contributed by atoms with van der Waals surface area (Å²) in [5, 5.41) is 0.774. The van der Waals surface area contributed by atoms with Gasteiger partial charge in [0.05, 0.1) is 6.04 Å². The van der Waals surface area contributed by atoms with Gasteiger partial charge in [-0.05, 0) is 42.3 Å². The zero-order valence-electron chi connectivity index (χ0n) is 11.3. The highest BCUT2D eigenvalue weighted by molar-refractivity contribution is 6.30. The van der Waals surface area contributed by atoms with Crippen molar-refractivity contribution in [3.63, 3.8) is 0 Å². The van der Waals surface area contributed by atoms with Crippen molar-refractivity contribution in [3.8, 4) is 0 Å². The maximum absolute atomic E-state index is 6.05. The van der Waals surface area contributed by atoms with Crippen molar-refractivity contribution in [2.45, 2.75) is 19.5 Å². The van der Waals surface area contributed by atoms with Gasteiger partial charge in [-0.25, -0.2) is 0 Å². The maximum atomic E-state index is 6.05. The van der Waals surface area contributed by atoms with Crippen molar-refractivity contribution in [3.05, 3.63) is 64.7 Å². The van der Waals surface area contributed by atoms with E-state index in [1.54, 1.807) is 0 Å². The fraction of sp³-hybridized carbons (Fsp3) is 0.250. The highest BCUT2D eigenvalue weighted by atomic mass is 35.5. The average molecular weight is 275 g/mol. The molecule has 3 heteroatoms. The van der Waals surface area contributed by atoms with Crippen molar-refractivity contribution < 1.29 is 0 Å². The van der Waals surface area contributed by atoms with Gasteiger partial charge in [0.1, 0.15) is 0 Å². The van der Waals surface area contributed by atoms with Crippen molar-refractivity contribution in [1.29, 1.82) is 0 Å². The second kappa shape index (κ2) is 6.09. The first-order valence-corrected chi connectivity index (χ1v) is 6.77. The van der Waals surface area contributed by atoms with Crippen LogP contribution in [0.1, 0.15) is 24.1 Å². The molecule has 1 atom stereocenters. The Bertz CT molecular complexity index is 537. The fourth-order valence-electron chi connectivity index (χ4n) is 2.08. The van der Waals surface area contributed by atoms with Gasteiger partial charge in [0.25, 0.3) is 0 Å². The molecule has 19 heavy (non-hydrogen) atoms. The number of anilines is 1. The van der Waals surface area contributed by atoms with Gasteiger partial charge in [-0.2, -0.15) is 0 Å². The zero-order valence-corrected chi connectivity index (χ0v) is 12.1. The maximum Gasteiger partial charge on any atom is 0.0511 e. The van der Waals surface area contributed by atoms with E-state index < -0.39 is 0 Å². The molecule has 0 aliphatic carbocycles. The Hall–Kier alpha value is -1.51. The zero-order chi connectivity index (χ0) is 13.8. The van der Waals surface area contributed by atoms with Crippen LogP contribution in [-0.2, 0) is 6.54 Å². The van der Waals surface area contributed by atoms with Gasteiger partial charge < -0.3 is 10.6 Å². The minimum absolute atomic E-state index is 0.266. The molecule has 0 radical (unpaired) electrons. The Labute approximate surface area is 119 Å². The summed E-state index contributed by atoms with van der Waals surface area (Å²) in [6, 6.07) is 16.6. The van der Waals surface area contributed by atoms with Crippen molar-refractivity contribution in [2.75, 3.05) is 11.9 Å². The van der Waals surface area contributed by atoms with Gasteiger partial charge >= 0.3 is 0 Å². The minimum atomic E-state index is 0.266. The van der Waals surface area contributed by atoms with E-state index in [9.17, 15) is 0 Å². The van der Waals surface area contributed by atoms with E-state index in [2.05, 4.69) is 49.2 Å². The van der Waals surface area contributed by atoms with E-state index in [1.165, 1.54) is 11.3 Å². The molecule has 0 amide bonds. The molecule has 0 bridgehead atoms. The largest absolute Gasteiger partial charge is 0.368 e. The number of halogens is 1. The third-order valence-corrected chi connectivity index (χ3v) is 3.73. The monoisotopic (exact) mass is 274 g/mol. The smallest absolute Gasteiger partial charge is 0.0511 e. The summed E-state index contributed by atoms with van der Waals surface area (Å²) in [5.74, 6) is 0. The van der Waals surface area contributed by atoms with Crippen LogP contribution in [0.4, 0.5) is 5.69 Å². The predicted octanol–water partition coefficient (Wildman–Crippen LogP) is 4.00. The first-order chi connectivity index (χ1) is 9.11. The third kappa shape index (κ3) is 3.28. The number of nitrogens with zero attached hydrogens (tertiary/aromatic N) is 1. The third-order valence-electron chi connectivity index (χ3n) is 3.49. The summed E-state index contributed by atoms with van der Waals surface area (Å²) in [5.41, 5.74) is 9.14. The Kier molecular flexibility index (Phi) is 4.46. The highest BCUT2D eigenvalue weighted by Gasteiger charge is 2.12. The first-order valence-electron chi connectivity index (χ1n) is 6.39. The summed E-state index contributed by atoms with van der Waals surface area (Å²) < 4.78 is 0. The molecule has 0 aromatic heterocycles. The molecule has 2 rings (SSSR count). The Morgan fingerprint density at radius 3 is 2.42 bits per heavy atom. The number of nitrogens with two attached hydrogens (primary N) is 1. The van der Waals surface area contributed by atoms with Gasteiger partial charge in [-0.15, -0.1) is 0 Å². The normalized spacial score (nSPS) is 12.2. The first kappa shape index (κ1) is 13.9. The number of hydrogen-bond acceptors (Lipinski definition) is 2. The van der Waals surface area contributed by atoms with Crippen LogP contribution in [-0.4, -0.2) is 7.05 Å². The van der Waals surface area contributed by atoms with E-state index in [0.717, 1.165) is 10.6 Å². The van der Waals surface area contributed by atoms with Gasteiger partial charge in [0, 0.05) is 24.3 Å². The summed E-state index contributed by atoms with van der Waals surface area (Å²) >= 11 is 6.05. The van der Waals surface area contributed by atoms with E-state index in [1.807, 2.05) is 18.2 Å². The molecule has 100 valence electrons. The van der Waals surface area contributed by atoms with Crippen molar-refractivity contribution in [1.82, 2.24) is 0 Å². The van der Waals surface area contributed by atoms with Crippen LogP contribution in [0.3, 0.4) is 0 Å². The van der Waals surface area contributed by atoms with E-state index >= 15 is 0 Å². The lowest BCUT2D eigenvalue weighted by Gasteiger charge is -2.27. The molecule has 2 N–H and O–H groups in total. The molecule has 2 aromatic carbocycles. The quantitative estimate of drug-likeness (QED) is 0.913. The standard InChI is InChI=1S/C16H19ClN2/c1-12(14-4-3-5-15(17)10-14)19(2)16-8-6-13(11-18)7-9-16/h3-10,12H,11,18H2,1-2H3. The molecule has 0 saturated carbocycles. The molecule has 2 aromatic rings. The van der Waals surface area contributed by atoms with Crippen LogP contribution in [0.25, 0.3) is 0 Å². The lowest BCUT2D eigenvalue weighted by molar-refractivity contribution is 0.739. The van der Waals surface area contributed by atoms with Crippen molar-refractivity contribution >= 4 is 17.3 Å².